The third-order valence-corrected chi connectivity index (χ3v) is 2.66. The maximum atomic E-state index is 12.2. The molecule has 18 heavy (non-hydrogen) atoms. The highest BCUT2D eigenvalue weighted by molar-refractivity contribution is 6.07. The van der Waals surface area contributed by atoms with E-state index in [0.29, 0.717) is 17.1 Å². The third-order valence-electron chi connectivity index (χ3n) is 2.66. The molecule has 0 fully saturated rings. The lowest BCUT2D eigenvalue weighted by atomic mass is 10.2. The van der Waals surface area contributed by atoms with Gasteiger partial charge in [0.2, 0.25) is 0 Å². The third kappa shape index (κ3) is 2.17. The lowest BCUT2D eigenvalue weighted by Gasteiger charge is -2.08. The number of carbonyl (C=O) groups excluding carboxylic acids is 1. The van der Waals surface area contributed by atoms with Gasteiger partial charge in [-0.2, -0.15) is 5.10 Å². The van der Waals surface area contributed by atoms with Gasteiger partial charge >= 0.3 is 0 Å². The monoisotopic (exact) mass is 245 g/mol. The van der Waals surface area contributed by atoms with Gasteiger partial charge < -0.3 is 10.6 Å². The SMILES string of the molecule is CNc1ncccc1C(=O)Nc1c(C)n[nH]c1C. The van der Waals surface area contributed by atoms with Crippen LogP contribution in [-0.2, 0) is 0 Å². The van der Waals surface area contributed by atoms with Gasteiger partial charge in [-0.3, -0.25) is 9.89 Å². The van der Waals surface area contributed by atoms with Crippen molar-refractivity contribution in [3.63, 3.8) is 0 Å². The molecule has 0 aliphatic heterocycles. The van der Waals surface area contributed by atoms with Gasteiger partial charge in [0.25, 0.3) is 5.91 Å². The molecule has 6 heteroatoms. The second-order valence-electron chi connectivity index (χ2n) is 3.91. The Balaban J connectivity index is 2.28. The quantitative estimate of drug-likeness (QED) is 0.768. The number of aromatic amines is 1. The molecule has 0 saturated carbocycles. The molecule has 0 spiro atoms. The Morgan fingerprint density at radius 1 is 1.39 bits per heavy atom. The lowest BCUT2D eigenvalue weighted by molar-refractivity contribution is 0.102. The van der Waals surface area contributed by atoms with Crippen molar-refractivity contribution in [3.8, 4) is 0 Å². The lowest BCUT2D eigenvalue weighted by Crippen LogP contribution is -2.15. The van der Waals surface area contributed by atoms with Crippen molar-refractivity contribution in [2.45, 2.75) is 13.8 Å². The van der Waals surface area contributed by atoms with Crippen molar-refractivity contribution in [2.24, 2.45) is 0 Å². The van der Waals surface area contributed by atoms with Crippen LogP contribution in [0.25, 0.3) is 0 Å². The number of rotatable bonds is 3. The minimum atomic E-state index is -0.208. The molecule has 1 amide bonds. The van der Waals surface area contributed by atoms with Gasteiger partial charge in [-0.15, -0.1) is 0 Å². The van der Waals surface area contributed by atoms with E-state index in [4.69, 9.17) is 0 Å². The molecule has 0 aromatic carbocycles. The van der Waals surface area contributed by atoms with Crippen molar-refractivity contribution in [1.29, 1.82) is 0 Å². The molecule has 2 heterocycles. The number of nitrogens with one attached hydrogen (secondary N) is 3. The first-order valence-electron chi connectivity index (χ1n) is 5.59. The molecule has 0 atom stereocenters. The molecule has 0 aliphatic carbocycles. The molecule has 0 saturated heterocycles. The van der Waals surface area contributed by atoms with Crippen LogP contribution in [0.5, 0.6) is 0 Å². The van der Waals surface area contributed by atoms with Gasteiger partial charge in [0.15, 0.2) is 0 Å². The van der Waals surface area contributed by atoms with E-state index in [0.717, 1.165) is 11.4 Å². The van der Waals surface area contributed by atoms with Crippen LogP contribution in [0, 0.1) is 13.8 Å². The topological polar surface area (TPSA) is 82.7 Å². The highest BCUT2D eigenvalue weighted by Gasteiger charge is 2.14. The van der Waals surface area contributed by atoms with E-state index in [-0.39, 0.29) is 5.91 Å². The zero-order chi connectivity index (χ0) is 13.1. The summed E-state index contributed by atoms with van der Waals surface area (Å²) in [5.41, 5.74) is 2.80. The molecule has 0 aliphatic rings. The van der Waals surface area contributed by atoms with Crippen molar-refractivity contribution in [3.05, 3.63) is 35.3 Å². The summed E-state index contributed by atoms with van der Waals surface area (Å²) in [4.78, 5) is 16.3. The molecule has 6 nitrogen and oxygen atoms in total. The zero-order valence-corrected chi connectivity index (χ0v) is 10.5. The first-order valence-corrected chi connectivity index (χ1v) is 5.59. The van der Waals surface area contributed by atoms with Crippen LogP contribution >= 0.6 is 0 Å². The smallest absolute Gasteiger partial charge is 0.259 e. The molecule has 0 radical (unpaired) electrons. The van der Waals surface area contributed by atoms with Crippen LogP contribution in [0.1, 0.15) is 21.7 Å². The van der Waals surface area contributed by atoms with Crippen molar-refractivity contribution < 1.29 is 4.79 Å². The number of H-pyrrole nitrogens is 1. The minimum Gasteiger partial charge on any atom is -0.372 e. The van der Waals surface area contributed by atoms with Crippen LogP contribution in [0.4, 0.5) is 11.5 Å². The van der Waals surface area contributed by atoms with Crippen molar-refractivity contribution >= 4 is 17.4 Å². The number of hydrogen-bond donors (Lipinski definition) is 3. The fourth-order valence-corrected chi connectivity index (χ4v) is 1.70. The number of nitrogens with zero attached hydrogens (tertiary/aromatic N) is 2. The van der Waals surface area contributed by atoms with Crippen LogP contribution < -0.4 is 10.6 Å². The summed E-state index contributed by atoms with van der Waals surface area (Å²) in [6, 6.07) is 3.45. The van der Waals surface area contributed by atoms with Crippen molar-refractivity contribution in [2.75, 3.05) is 17.7 Å². The Bertz CT molecular complexity index is 556. The average molecular weight is 245 g/mol. The maximum Gasteiger partial charge on any atom is 0.259 e. The Hall–Kier alpha value is -2.37. The maximum absolute atomic E-state index is 12.2. The van der Waals surface area contributed by atoms with E-state index in [1.807, 2.05) is 13.8 Å². The largest absolute Gasteiger partial charge is 0.372 e. The van der Waals surface area contributed by atoms with E-state index in [1.54, 1.807) is 25.4 Å². The standard InChI is InChI=1S/C12H15N5O/c1-7-10(8(2)17-16-7)15-12(18)9-5-4-6-14-11(9)13-3/h4-6H,1-3H3,(H,13,14)(H,15,18)(H,16,17). The molecule has 0 unspecified atom stereocenters. The molecule has 3 N–H and O–H groups in total. The first kappa shape index (κ1) is 12.1. The van der Waals surface area contributed by atoms with Crippen LogP contribution in [-0.4, -0.2) is 28.1 Å². The number of anilines is 2. The van der Waals surface area contributed by atoms with E-state index < -0.39 is 0 Å². The summed E-state index contributed by atoms with van der Waals surface area (Å²) in [7, 11) is 1.73. The van der Waals surface area contributed by atoms with Gasteiger partial charge in [-0.1, -0.05) is 0 Å². The predicted octanol–water partition coefficient (Wildman–Crippen LogP) is 1.72. The van der Waals surface area contributed by atoms with Crippen LogP contribution in [0.15, 0.2) is 18.3 Å². The average Bonchev–Trinajstić information content (AvgIpc) is 2.70. The van der Waals surface area contributed by atoms with Gasteiger partial charge in [-0.05, 0) is 26.0 Å². The molecule has 2 aromatic rings. The van der Waals surface area contributed by atoms with Gasteiger partial charge in [-0.25, -0.2) is 4.98 Å². The molecule has 0 bridgehead atoms. The highest BCUT2D eigenvalue weighted by Crippen LogP contribution is 2.19. The first-order chi connectivity index (χ1) is 8.63. The number of amides is 1. The summed E-state index contributed by atoms with van der Waals surface area (Å²) in [5.74, 6) is 0.342. The van der Waals surface area contributed by atoms with Gasteiger partial charge in [0.05, 0.1) is 22.6 Å². The van der Waals surface area contributed by atoms with Crippen LogP contribution in [0.2, 0.25) is 0 Å². The Labute approximate surface area is 105 Å². The molecular weight excluding hydrogens is 230 g/mol. The summed E-state index contributed by atoms with van der Waals surface area (Å²) in [6.07, 6.45) is 1.64. The second kappa shape index (κ2) is 4.87. The summed E-state index contributed by atoms with van der Waals surface area (Å²) in [6.45, 7) is 3.69. The normalized spacial score (nSPS) is 10.2. The Kier molecular flexibility index (Phi) is 3.27. The van der Waals surface area contributed by atoms with Gasteiger partial charge in [0, 0.05) is 13.2 Å². The Morgan fingerprint density at radius 3 is 2.78 bits per heavy atom. The second-order valence-corrected chi connectivity index (χ2v) is 3.91. The number of hydrogen-bond acceptors (Lipinski definition) is 4. The number of carbonyl (C=O) groups is 1. The minimum absolute atomic E-state index is 0.208. The van der Waals surface area contributed by atoms with E-state index in [2.05, 4.69) is 25.8 Å². The van der Waals surface area contributed by atoms with E-state index in [1.165, 1.54) is 0 Å². The number of pyridine rings is 1. The van der Waals surface area contributed by atoms with E-state index >= 15 is 0 Å². The van der Waals surface area contributed by atoms with Gasteiger partial charge in [0.1, 0.15) is 5.82 Å². The summed E-state index contributed by atoms with van der Waals surface area (Å²) < 4.78 is 0. The molecular formula is C12H15N5O. The fourth-order valence-electron chi connectivity index (χ4n) is 1.70. The highest BCUT2D eigenvalue weighted by atomic mass is 16.1. The zero-order valence-electron chi connectivity index (χ0n) is 10.5. The molecule has 2 rings (SSSR count). The molecule has 94 valence electrons. The van der Waals surface area contributed by atoms with Crippen LogP contribution in [0.3, 0.4) is 0 Å². The Morgan fingerprint density at radius 2 is 2.17 bits per heavy atom. The number of aromatic nitrogens is 3. The molecule has 2 aromatic heterocycles. The number of aryl methyl sites for hydroxylation is 2. The predicted molar refractivity (Wildman–Crippen MR) is 69.8 cm³/mol. The summed E-state index contributed by atoms with van der Waals surface area (Å²) in [5, 5.41) is 12.6. The van der Waals surface area contributed by atoms with Crippen molar-refractivity contribution in [1.82, 2.24) is 15.2 Å². The fraction of sp³-hybridized carbons (Fsp3) is 0.250. The van der Waals surface area contributed by atoms with E-state index in [9.17, 15) is 4.79 Å². The summed E-state index contributed by atoms with van der Waals surface area (Å²) >= 11 is 0.